The third-order valence-electron chi connectivity index (χ3n) is 3.01. The van der Waals surface area contributed by atoms with E-state index in [2.05, 4.69) is 5.32 Å². The molecule has 6 heteroatoms. The number of carbonyl (C=O) groups is 2. The van der Waals surface area contributed by atoms with E-state index in [0.29, 0.717) is 0 Å². The monoisotopic (exact) mass is 272 g/mol. The van der Waals surface area contributed by atoms with E-state index in [0.717, 1.165) is 25.9 Å². The molecule has 0 radical (unpaired) electrons. The van der Waals surface area contributed by atoms with E-state index in [1.54, 1.807) is 27.7 Å². The Bertz CT molecular complexity index is 332. The summed E-state index contributed by atoms with van der Waals surface area (Å²) < 4.78 is 5.14. The molecule has 1 fully saturated rings. The number of hydrogen-bond acceptors (Lipinski definition) is 4. The Hall–Kier alpha value is -1.30. The molecule has 2 N–H and O–H groups in total. The molecule has 110 valence electrons. The molecule has 1 amide bonds. The first kappa shape index (κ1) is 15.8. The summed E-state index contributed by atoms with van der Waals surface area (Å²) >= 11 is 0. The molecule has 0 saturated carbocycles. The first-order valence-corrected chi connectivity index (χ1v) is 6.67. The lowest BCUT2D eigenvalue weighted by Gasteiger charge is -2.30. The van der Waals surface area contributed by atoms with Crippen LogP contribution in [0.4, 0.5) is 4.79 Å². The van der Waals surface area contributed by atoms with Crippen molar-refractivity contribution in [2.45, 2.75) is 58.2 Å². The molecule has 1 aliphatic rings. The van der Waals surface area contributed by atoms with Gasteiger partial charge in [-0.2, -0.15) is 0 Å². The Labute approximate surface area is 114 Å². The van der Waals surface area contributed by atoms with Crippen molar-refractivity contribution in [3.8, 4) is 0 Å². The van der Waals surface area contributed by atoms with Gasteiger partial charge in [0.25, 0.3) is 0 Å². The number of carboxylic acid groups (broad SMARTS) is 1. The van der Waals surface area contributed by atoms with Gasteiger partial charge in [-0.3, -0.25) is 9.69 Å². The molecule has 0 aliphatic carbocycles. The molecule has 1 rings (SSSR count). The first-order valence-electron chi connectivity index (χ1n) is 6.67. The van der Waals surface area contributed by atoms with Crippen LogP contribution in [0.1, 0.15) is 40.5 Å². The minimum Gasteiger partial charge on any atom is -0.480 e. The Morgan fingerprint density at radius 1 is 1.26 bits per heavy atom. The smallest absolute Gasteiger partial charge is 0.407 e. The number of aliphatic carboxylic acids is 1. The molecule has 2 atom stereocenters. The minimum absolute atomic E-state index is 0.495. The highest BCUT2D eigenvalue weighted by Crippen LogP contribution is 2.15. The van der Waals surface area contributed by atoms with E-state index >= 15 is 0 Å². The number of ether oxygens (including phenoxy) is 1. The molecule has 1 aliphatic heterocycles. The molecule has 0 aromatic rings. The predicted octanol–water partition coefficient (Wildman–Crippen LogP) is 1.45. The van der Waals surface area contributed by atoms with Crippen molar-refractivity contribution in [1.82, 2.24) is 10.2 Å². The zero-order valence-corrected chi connectivity index (χ0v) is 12.1. The lowest BCUT2D eigenvalue weighted by molar-refractivity contribution is -0.143. The van der Waals surface area contributed by atoms with Crippen molar-refractivity contribution in [3.63, 3.8) is 0 Å². The SMILES string of the molecule is CC(NC(=O)OC(C)(C)C)C(C(=O)O)N1CCCC1. The van der Waals surface area contributed by atoms with Gasteiger partial charge in [0.1, 0.15) is 11.6 Å². The molecule has 0 aromatic carbocycles. The number of amides is 1. The van der Waals surface area contributed by atoms with E-state index < -0.39 is 29.7 Å². The quantitative estimate of drug-likeness (QED) is 0.809. The average Bonchev–Trinajstić information content (AvgIpc) is 2.66. The van der Waals surface area contributed by atoms with Gasteiger partial charge in [0, 0.05) is 0 Å². The maximum atomic E-state index is 11.7. The summed E-state index contributed by atoms with van der Waals surface area (Å²) in [6, 6.07) is -1.19. The number of likely N-dealkylation sites (tertiary alicyclic amines) is 1. The molecule has 1 saturated heterocycles. The molecular weight excluding hydrogens is 248 g/mol. The summed E-state index contributed by atoms with van der Waals surface area (Å²) in [6.07, 6.45) is 1.43. The van der Waals surface area contributed by atoms with Crippen LogP contribution in [0.3, 0.4) is 0 Å². The number of carboxylic acids is 1. The van der Waals surface area contributed by atoms with Crippen LogP contribution in [0.25, 0.3) is 0 Å². The highest BCUT2D eigenvalue weighted by atomic mass is 16.6. The maximum absolute atomic E-state index is 11.7. The van der Waals surface area contributed by atoms with Crippen LogP contribution in [0.15, 0.2) is 0 Å². The van der Waals surface area contributed by atoms with Gasteiger partial charge in [-0.05, 0) is 53.6 Å². The van der Waals surface area contributed by atoms with Crippen LogP contribution < -0.4 is 5.32 Å². The van der Waals surface area contributed by atoms with Crippen LogP contribution in [0.5, 0.6) is 0 Å². The van der Waals surface area contributed by atoms with Crippen molar-refractivity contribution in [1.29, 1.82) is 0 Å². The normalized spacial score (nSPS) is 19.8. The van der Waals surface area contributed by atoms with Crippen LogP contribution in [-0.2, 0) is 9.53 Å². The van der Waals surface area contributed by atoms with Crippen molar-refractivity contribution < 1.29 is 19.4 Å². The van der Waals surface area contributed by atoms with Crippen LogP contribution in [0, 0.1) is 0 Å². The molecule has 0 bridgehead atoms. The van der Waals surface area contributed by atoms with Crippen molar-refractivity contribution in [2.24, 2.45) is 0 Å². The Kier molecular flexibility index (Phi) is 5.17. The number of rotatable bonds is 4. The van der Waals surface area contributed by atoms with Gasteiger partial charge >= 0.3 is 12.1 Å². The summed E-state index contributed by atoms with van der Waals surface area (Å²) in [6.45, 7) is 8.53. The molecule has 1 heterocycles. The van der Waals surface area contributed by atoms with Gasteiger partial charge in [0.2, 0.25) is 0 Å². The van der Waals surface area contributed by atoms with Gasteiger partial charge in [0.05, 0.1) is 6.04 Å². The summed E-state index contributed by atoms with van der Waals surface area (Å²) in [5.74, 6) is -0.912. The van der Waals surface area contributed by atoms with Gasteiger partial charge in [-0.1, -0.05) is 0 Å². The summed E-state index contributed by atoms with van der Waals surface area (Å²) in [5, 5.41) is 11.9. The fourth-order valence-corrected chi connectivity index (χ4v) is 2.28. The number of nitrogens with one attached hydrogen (secondary N) is 1. The van der Waals surface area contributed by atoms with Gasteiger partial charge in [-0.15, -0.1) is 0 Å². The molecule has 2 unspecified atom stereocenters. The number of carbonyl (C=O) groups excluding carboxylic acids is 1. The maximum Gasteiger partial charge on any atom is 0.407 e. The van der Waals surface area contributed by atoms with Crippen molar-refractivity contribution >= 4 is 12.1 Å². The molecule has 0 aromatic heterocycles. The summed E-state index contributed by atoms with van der Waals surface area (Å²) in [4.78, 5) is 24.9. The highest BCUT2D eigenvalue weighted by molar-refractivity contribution is 5.76. The summed E-state index contributed by atoms with van der Waals surface area (Å²) in [7, 11) is 0. The lowest BCUT2D eigenvalue weighted by Crippen LogP contribution is -2.54. The average molecular weight is 272 g/mol. The number of hydrogen-bond donors (Lipinski definition) is 2. The molecular formula is C13H24N2O4. The molecule has 19 heavy (non-hydrogen) atoms. The second kappa shape index (κ2) is 6.23. The topological polar surface area (TPSA) is 78.9 Å². The number of nitrogens with zero attached hydrogens (tertiary/aromatic N) is 1. The van der Waals surface area contributed by atoms with Gasteiger partial charge < -0.3 is 15.2 Å². The lowest BCUT2D eigenvalue weighted by atomic mass is 10.1. The fraction of sp³-hybridized carbons (Fsp3) is 0.846. The van der Waals surface area contributed by atoms with E-state index in [1.807, 2.05) is 4.90 Å². The zero-order valence-electron chi connectivity index (χ0n) is 12.1. The standard InChI is InChI=1S/C13H24N2O4/c1-9(14-12(18)19-13(2,3)4)10(11(16)17)15-7-5-6-8-15/h9-10H,5-8H2,1-4H3,(H,14,18)(H,16,17). The second-order valence-electron chi connectivity index (χ2n) is 5.96. The summed E-state index contributed by atoms with van der Waals surface area (Å²) in [5.41, 5.74) is -0.587. The van der Waals surface area contributed by atoms with Crippen molar-refractivity contribution in [3.05, 3.63) is 0 Å². The number of alkyl carbamates (subject to hydrolysis) is 1. The minimum atomic E-state index is -0.912. The van der Waals surface area contributed by atoms with E-state index in [4.69, 9.17) is 4.74 Å². The third kappa shape index (κ3) is 5.06. The molecule has 0 spiro atoms. The van der Waals surface area contributed by atoms with Gasteiger partial charge in [0.15, 0.2) is 0 Å². The van der Waals surface area contributed by atoms with E-state index in [1.165, 1.54) is 0 Å². The van der Waals surface area contributed by atoms with Gasteiger partial charge in [-0.25, -0.2) is 4.79 Å². The highest BCUT2D eigenvalue weighted by Gasteiger charge is 2.34. The van der Waals surface area contributed by atoms with E-state index in [9.17, 15) is 14.7 Å². The Morgan fingerprint density at radius 3 is 2.21 bits per heavy atom. The third-order valence-corrected chi connectivity index (χ3v) is 3.01. The Balaban J connectivity index is 2.59. The zero-order chi connectivity index (χ0) is 14.6. The van der Waals surface area contributed by atoms with Crippen LogP contribution in [-0.4, -0.2) is 52.8 Å². The van der Waals surface area contributed by atoms with Crippen molar-refractivity contribution in [2.75, 3.05) is 13.1 Å². The Morgan fingerprint density at radius 2 is 1.79 bits per heavy atom. The fourth-order valence-electron chi connectivity index (χ4n) is 2.28. The van der Waals surface area contributed by atoms with Crippen LogP contribution in [0.2, 0.25) is 0 Å². The predicted molar refractivity (Wildman–Crippen MR) is 71.1 cm³/mol. The molecule has 6 nitrogen and oxygen atoms in total. The van der Waals surface area contributed by atoms with E-state index in [-0.39, 0.29) is 0 Å². The first-order chi connectivity index (χ1) is 8.70. The largest absolute Gasteiger partial charge is 0.480 e. The second-order valence-corrected chi connectivity index (χ2v) is 5.96. The van der Waals surface area contributed by atoms with Crippen LogP contribution >= 0.6 is 0 Å².